The minimum atomic E-state index is 0.0923. The van der Waals surface area contributed by atoms with Gasteiger partial charge in [0.1, 0.15) is 0 Å². The lowest BCUT2D eigenvalue weighted by atomic mass is 9.33. The summed E-state index contributed by atoms with van der Waals surface area (Å²) in [5.74, 6) is 0. The molecule has 0 unspecified atom stereocenters. The zero-order valence-corrected chi connectivity index (χ0v) is 31.1. The number of nitrogens with zero attached hydrogens (tertiary/aromatic N) is 2. The fraction of sp³-hybridized carbons (Fsp3) is 0.192. The molecule has 2 fully saturated rings. The maximum absolute atomic E-state index is 2.66. The van der Waals surface area contributed by atoms with Crippen LogP contribution >= 0.6 is 0 Å². The first kappa shape index (κ1) is 30.5. The summed E-state index contributed by atoms with van der Waals surface area (Å²) in [6.07, 6.45) is 10.2. The molecule has 6 aliphatic rings. The Morgan fingerprint density at radius 2 is 0.909 bits per heavy atom. The smallest absolute Gasteiger partial charge is 0.252 e. The van der Waals surface area contributed by atoms with E-state index in [4.69, 9.17) is 0 Å². The Morgan fingerprint density at radius 1 is 0.364 bits per heavy atom. The van der Waals surface area contributed by atoms with Gasteiger partial charge in [-0.05, 0) is 135 Å². The topological polar surface area (TPSA) is 6.48 Å². The normalized spacial score (nSPS) is 18.1. The van der Waals surface area contributed by atoms with Gasteiger partial charge < -0.3 is 9.80 Å². The predicted molar refractivity (Wildman–Crippen MR) is 230 cm³/mol. The van der Waals surface area contributed by atoms with Crippen LogP contribution in [0.2, 0.25) is 0 Å². The van der Waals surface area contributed by atoms with Gasteiger partial charge in [-0.2, -0.15) is 0 Å². The maximum atomic E-state index is 2.66. The predicted octanol–water partition coefficient (Wildman–Crippen LogP) is 11.5. The Kier molecular flexibility index (Phi) is 6.06. The number of hydrogen-bond donors (Lipinski definition) is 0. The number of hydrogen-bond acceptors (Lipinski definition) is 2. The Hall–Kier alpha value is -5.80. The number of fused-ring (bicyclic) bond motifs is 14. The highest BCUT2D eigenvalue weighted by atomic mass is 15.2. The molecule has 0 N–H and O–H groups in total. The third kappa shape index (κ3) is 3.82. The molecule has 0 amide bonds. The van der Waals surface area contributed by atoms with Gasteiger partial charge in [-0.15, -0.1) is 0 Å². The summed E-state index contributed by atoms with van der Waals surface area (Å²) in [5, 5.41) is 0. The van der Waals surface area contributed by atoms with E-state index < -0.39 is 0 Å². The SMILES string of the molecule is c1ccc(N2c3ccccc3B3c4cc5c(cc4N(c4ccc6c(c4)-c4ccccc4C64CCCC4)c4cccc2c43)C2(CCCC2)c2ccccc2-5)cc1. The van der Waals surface area contributed by atoms with Crippen molar-refractivity contribution in [3.8, 4) is 22.3 Å². The second kappa shape index (κ2) is 10.9. The number of anilines is 6. The molecular formula is C52H41BN2. The van der Waals surface area contributed by atoms with Gasteiger partial charge in [0.05, 0.1) is 0 Å². The van der Waals surface area contributed by atoms with Gasteiger partial charge in [-0.25, -0.2) is 0 Å². The van der Waals surface area contributed by atoms with Gasteiger partial charge in [0.15, 0.2) is 0 Å². The van der Waals surface area contributed by atoms with Crippen molar-refractivity contribution in [3.63, 3.8) is 0 Å². The molecule has 0 radical (unpaired) electrons. The largest absolute Gasteiger partial charge is 0.311 e. The molecular weight excluding hydrogens is 663 g/mol. The zero-order valence-electron chi connectivity index (χ0n) is 31.1. The highest BCUT2D eigenvalue weighted by Crippen LogP contribution is 2.60. The van der Waals surface area contributed by atoms with Crippen LogP contribution < -0.4 is 26.2 Å². The van der Waals surface area contributed by atoms with Crippen molar-refractivity contribution in [2.45, 2.75) is 62.2 Å². The molecule has 55 heavy (non-hydrogen) atoms. The van der Waals surface area contributed by atoms with Gasteiger partial charge in [0.25, 0.3) is 6.71 Å². The third-order valence-electron chi connectivity index (χ3n) is 14.7. The highest BCUT2D eigenvalue weighted by Gasteiger charge is 2.50. The van der Waals surface area contributed by atoms with Crippen LogP contribution in [0.3, 0.4) is 0 Å². The van der Waals surface area contributed by atoms with Crippen molar-refractivity contribution in [1.82, 2.24) is 0 Å². The Balaban J connectivity index is 1.11. The molecule has 3 heteroatoms. The molecule has 4 aliphatic carbocycles. The van der Waals surface area contributed by atoms with Crippen molar-refractivity contribution in [2.75, 3.05) is 9.80 Å². The molecule has 262 valence electrons. The fourth-order valence-corrected chi connectivity index (χ4v) is 12.6. The molecule has 2 saturated carbocycles. The van der Waals surface area contributed by atoms with E-state index in [-0.39, 0.29) is 17.5 Å². The zero-order chi connectivity index (χ0) is 35.9. The van der Waals surface area contributed by atoms with E-state index in [0.29, 0.717) is 0 Å². The van der Waals surface area contributed by atoms with Crippen LogP contribution in [0.4, 0.5) is 34.1 Å². The third-order valence-corrected chi connectivity index (χ3v) is 14.7. The van der Waals surface area contributed by atoms with Crippen molar-refractivity contribution in [2.24, 2.45) is 0 Å². The van der Waals surface area contributed by atoms with Gasteiger partial charge in [-0.3, -0.25) is 0 Å². The van der Waals surface area contributed by atoms with Crippen LogP contribution in [-0.4, -0.2) is 6.71 Å². The molecule has 2 aliphatic heterocycles. The summed E-state index contributed by atoms with van der Waals surface area (Å²) in [4.78, 5) is 5.17. The standard InChI is InChI=1S/C52H41BN2/c1-2-15-34(16-3-1)54-46-22-9-8-21-44(46)53-45-32-39-37-18-5-7-20-41(37)52(29-12-13-30-52)43(39)33-49(45)55(48-24-14-23-47(54)50(48)53)35-25-26-42-38(31-35)36-17-4-6-19-40(36)51(42)27-10-11-28-51/h1-9,14-26,31-33H,10-13,27-30H2. The first-order chi connectivity index (χ1) is 27.3. The highest BCUT2D eigenvalue weighted by molar-refractivity contribution is 7.00. The lowest BCUT2D eigenvalue weighted by Gasteiger charge is -2.44. The summed E-state index contributed by atoms with van der Waals surface area (Å²) in [5.41, 5.74) is 24.0. The summed E-state index contributed by atoms with van der Waals surface area (Å²) in [7, 11) is 0. The number of benzene rings is 7. The van der Waals surface area contributed by atoms with Gasteiger partial charge >= 0.3 is 0 Å². The molecule has 0 aromatic heterocycles. The molecule has 2 spiro atoms. The first-order valence-corrected chi connectivity index (χ1v) is 20.7. The maximum Gasteiger partial charge on any atom is 0.252 e. The van der Waals surface area contributed by atoms with Gasteiger partial charge in [-0.1, -0.05) is 129 Å². The summed E-state index contributed by atoms with van der Waals surface area (Å²) in [6.45, 7) is 0.114. The van der Waals surface area contributed by atoms with E-state index in [1.165, 1.54) is 124 Å². The van der Waals surface area contributed by atoms with E-state index in [9.17, 15) is 0 Å². The van der Waals surface area contributed by atoms with E-state index in [2.05, 4.69) is 161 Å². The van der Waals surface area contributed by atoms with Gasteiger partial charge in [0.2, 0.25) is 0 Å². The fourth-order valence-electron chi connectivity index (χ4n) is 12.6. The minimum absolute atomic E-state index is 0.0923. The van der Waals surface area contributed by atoms with E-state index in [1.54, 1.807) is 22.3 Å². The van der Waals surface area contributed by atoms with Crippen molar-refractivity contribution in [3.05, 3.63) is 174 Å². The molecule has 0 bridgehead atoms. The molecule has 7 aromatic carbocycles. The lowest BCUT2D eigenvalue weighted by Crippen LogP contribution is -2.61. The Labute approximate surface area is 324 Å². The summed E-state index contributed by atoms with van der Waals surface area (Å²) < 4.78 is 0. The number of para-hydroxylation sites is 2. The average molecular weight is 705 g/mol. The van der Waals surface area contributed by atoms with Crippen LogP contribution in [0.15, 0.2) is 152 Å². The summed E-state index contributed by atoms with van der Waals surface area (Å²) >= 11 is 0. The summed E-state index contributed by atoms with van der Waals surface area (Å²) in [6, 6.07) is 58.7. The van der Waals surface area contributed by atoms with Gasteiger partial charge in [0, 0.05) is 45.0 Å². The molecule has 7 aromatic rings. The second-order valence-electron chi connectivity index (χ2n) is 17.1. The van der Waals surface area contributed by atoms with Crippen LogP contribution in [-0.2, 0) is 10.8 Å². The Bertz CT molecular complexity index is 2750. The van der Waals surface area contributed by atoms with Crippen LogP contribution in [0.1, 0.15) is 73.6 Å². The van der Waals surface area contributed by atoms with Crippen molar-refractivity contribution in [1.29, 1.82) is 0 Å². The lowest BCUT2D eigenvalue weighted by molar-refractivity contribution is 0.550. The number of rotatable bonds is 2. The van der Waals surface area contributed by atoms with Crippen molar-refractivity contribution < 1.29 is 0 Å². The second-order valence-corrected chi connectivity index (χ2v) is 17.1. The average Bonchev–Trinajstić information content (AvgIpc) is 4.05. The van der Waals surface area contributed by atoms with E-state index in [0.717, 1.165) is 0 Å². The molecule has 13 rings (SSSR count). The molecule has 2 nitrogen and oxygen atoms in total. The first-order valence-electron chi connectivity index (χ1n) is 20.7. The monoisotopic (exact) mass is 704 g/mol. The van der Waals surface area contributed by atoms with Crippen LogP contribution in [0.25, 0.3) is 22.3 Å². The molecule has 0 saturated heterocycles. The minimum Gasteiger partial charge on any atom is -0.311 e. The van der Waals surface area contributed by atoms with Crippen LogP contribution in [0.5, 0.6) is 0 Å². The quantitative estimate of drug-likeness (QED) is 0.165. The molecule has 0 atom stereocenters. The van der Waals surface area contributed by atoms with E-state index >= 15 is 0 Å². The van der Waals surface area contributed by atoms with E-state index in [1.807, 2.05) is 0 Å². The van der Waals surface area contributed by atoms with Crippen LogP contribution in [0, 0.1) is 0 Å². The van der Waals surface area contributed by atoms with Crippen molar-refractivity contribution >= 4 is 57.2 Å². The Morgan fingerprint density at radius 3 is 1.62 bits per heavy atom. The molecule has 2 heterocycles.